The van der Waals surface area contributed by atoms with Gasteiger partial charge in [0, 0.05) is 24.1 Å². The molecule has 1 N–H and O–H groups in total. The third-order valence-corrected chi connectivity index (χ3v) is 6.58. The smallest absolute Gasteiger partial charge is 0.258 e. The Bertz CT molecular complexity index is 962. The van der Waals surface area contributed by atoms with E-state index in [2.05, 4.69) is 20.5 Å². The fourth-order valence-electron chi connectivity index (χ4n) is 3.21. The Labute approximate surface area is 160 Å². The van der Waals surface area contributed by atoms with E-state index >= 15 is 0 Å². The van der Waals surface area contributed by atoms with Crippen LogP contribution in [0.25, 0.3) is 5.65 Å². The van der Waals surface area contributed by atoms with Gasteiger partial charge >= 0.3 is 0 Å². The second kappa shape index (κ2) is 7.75. The third kappa shape index (κ3) is 4.07. The lowest BCUT2D eigenvalue weighted by molar-refractivity contribution is 0.462. The second-order valence-corrected chi connectivity index (χ2v) is 8.86. The summed E-state index contributed by atoms with van der Waals surface area (Å²) in [7, 11) is 0. The zero-order valence-corrected chi connectivity index (χ0v) is 16.3. The molecule has 1 aliphatic rings. The van der Waals surface area contributed by atoms with Gasteiger partial charge in [0.15, 0.2) is 4.34 Å². The summed E-state index contributed by atoms with van der Waals surface area (Å²) in [6.07, 6.45) is 8.12. The molecule has 0 spiro atoms. The number of pyridine rings is 1. The first-order valence-electron chi connectivity index (χ1n) is 8.89. The van der Waals surface area contributed by atoms with Gasteiger partial charge in [-0.05, 0) is 37.5 Å². The van der Waals surface area contributed by atoms with Crippen LogP contribution in [0.1, 0.15) is 43.4 Å². The van der Waals surface area contributed by atoms with Crippen molar-refractivity contribution in [3.63, 3.8) is 0 Å². The van der Waals surface area contributed by atoms with E-state index in [1.807, 2.05) is 19.1 Å². The highest BCUT2D eigenvalue weighted by Gasteiger charge is 2.15. The number of aromatic nitrogens is 4. The molecule has 1 aliphatic carbocycles. The summed E-state index contributed by atoms with van der Waals surface area (Å²) in [4.78, 5) is 16.8. The predicted octanol–water partition coefficient (Wildman–Crippen LogP) is 3.89. The van der Waals surface area contributed by atoms with E-state index in [4.69, 9.17) is 0 Å². The highest BCUT2D eigenvalue weighted by molar-refractivity contribution is 8.00. The molecule has 0 saturated heterocycles. The molecule has 0 bridgehead atoms. The summed E-state index contributed by atoms with van der Waals surface area (Å²) in [5, 5.41) is 12.9. The zero-order chi connectivity index (χ0) is 17.9. The van der Waals surface area contributed by atoms with Crippen molar-refractivity contribution in [1.82, 2.24) is 19.6 Å². The van der Waals surface area contributed by atoms with Crippen molar-refractivity contribution >= 4 is 33.9 Å². The maximum Gasteiger partial charge on any atom is 0.258 e. The van der Waals surface area contributed by atoms with Gasteiger partial charge in [0.1, 0.15) is 5.65 Å². The van der Waals surface area contributed by atoms with E-state index in [-0.39, 0.29) is 5.56 Å². The molecule has 1 saturated carbocycles. The highest BCUT2D eigenvalue weighted by atomic mass is 32.2. The molecule has 136 valence electrons. The van der Waals surface area contributed by atoms with Crippen molar-refractivity contribution in [3.05, 3.63) is 46.0 Å². The van der Waals surface area contributed by atoms with Gasteiger partial charge in [-0.3, -0.25) is 9.20 Å². The molecule has 0 aromatic carbocycles. The topological polar surface area (TPSA) is 72.2 Å². The quantitative estimate of drug-likeness (QED) is 0.670. The SMILES string of the molecule is Cc1ccn2c(=O)cc(CSc3nnc(NC4CCCCC4)s3)nc2c1. The Morgan fingerprint density at radius 1 is 1.27 bits per heavy atom. The minimum atomic E-state index is -0.0532. The molecule has 8 heteroatoms. The van der Waals surface area contributed by atoms with Crippen molar-refractivity contribution in [3.8, 4) is 0 Å². The van der Waals surface area contributed by atoms with Crippen LogP contribution in [0.2, 0.25) is 0 Å². The molecular weight excluding hydrogens is 366 g/mol. The van der Waals surface area contributed by atoms with Crippen molar-refractivity contribution < 1.29 is 0 Å². The Kier molecular flexibility index (Phi) is 5.21. The van der Waals surface area contributed by atoms with E-state index in [0.717, 1.165) is 20.7 Å². The van der Waals surface area contributed by atoms with Gasteiger partial charge in [-0.1, -0.05) is 42.4 Å². The summed E-state index contributed by atoms with van der Waals surface area (Å²) in [6.45, 7) is 2.00. The lowest BCUT2D eigenvalue weighted by atomic mass is 9.96. The molecular formula is C18H21N5OS2. The van der Waals surface area contributed by atoms with Gasteiger partial charge in [-0.15, -0.1) is 10.2 Å². The minimum absolute atomic E-state index is 0.0532. The number of hydrogen-bond acceptors (Lipinski definition) is 7. The van der Waals surface area contributed by atoms with Crippen LogP contribution in [-0.4, -0.2) is 25.6 Å². The number of aryl methyl sites for hydroxylation is 1. The highest BCUT2D eigenvalue weighted by Crippen LogP contribution is 2.29. The molecule has 26 heavy (non-hydrogen) atoms. The largest absolute Gasteiger partial charge is 0.357 e. The predicted molar refractivity (Wildman–Crippen MR) is 106 cm³/mol. The lowest BCUT2D eigenvalue weighted by Gasteiger charge is -2.21. The number of nitrogens with one attached hydrogen (secondary N) is 1. The molecule has 0 aliphatic heterocycles. The van der Waals surface area contributed by atoms with Crippen LogP contribution in [0.4, 0.5) is 5.13 Å². The summed E-state index contributed by atoms with van der Waals surface area (Å²) in [5.74, 6) is 0.609. The lowest BCUT2D eigenvalue weighted by Crippen LogP contribution is -2.21. The molecule has 0 atom stereocenters. The van der Waals surface area contributed by atoms with Gasteiger partial charge < -0.3 is 5.32 Å². The Morgan fingerprint density at radius 2 is 2.12 bits per heavy atom. The number of thioether (sulfide) groups is 1. The summed E-state index contributed by atoms with van der Waals surface area (Å²) < 4.78 is 2.47. The molecule has 0 radical (unpaired) electrons. The molecule has 4 rings (SSSR count). The number of nitrogens with zero attached hydrogens (tertiary/aromatic N) is 4. The van der Waals surface area contributed by atoms with E-state index in [9.17, 15) is 4.79 Å². The third-order valence-electron chi connectivity index (χ3n) is 4.56. The van der Waals surface area contributed by atoms with Crippen molar-refractivity contribution in [2.75, 3.05) is 5.32 Å². The van der Waals surface area contributed by atoms with Gasteiger partial charge in [-0.25, -0.2) is 4.98 Å². The van der Waals surface area contributed by atoms with Gasteiger partial charge in [0.2, 0.25) is 5.13 Å². The van der Waals surface area contributed by atoms with Crippen LogP contribution in [-0.2, 0) is 5.75 Å². The molecule has 3 aromatic rings. The van der Waals surface area contributed by atoms with Crippen LogP contribution in [0, 0.1) is 6.92 Å². The van der Waals surface area contributed by atoms with E-state index in [0.29, 0.717) is 17.4 Å². The van der Waals surface area contributed by atoms with E-state index in [1.54, 1.807) is 39.8 Å². The van der Waals surface area contributed by atoms with E-state index in [1.165, 1.54) is 32.1 Å². The normalized spacial score (nSPS) is 15.4. The van der Waals surface area contributed by atoms with Crippen molar-refractivity contribution in [2.45, 2.75) is 55.2 Å². The van der Waals surface area contributed by atoms with Crippen LogP contribution < -0.4 is 10.9 Å². The molecule has 6 nitrogen and oxygen atoms in total. The van der Waals surface area contributed by atoms with Gasteiger partial charge in [0.05, 0.1) is 5.69 Å². The molecule has 3 heterocycles. The van der Waals surface area contributed by atoms with Crippen molar-refractivity contribution in [2.24, 2.45) is 0 Å². The van der Waals surface area contributed by atoms with Crippen LogP contribution in [0.15, 0.2) is 33.5 Å². The Morgan fingerprint density at radius 3 is 2.96 bits per heavy atom. The maximum absolute atomic E-state index is 12.2. The van der Waals surface area contributed by atoms with Crippen molar-refractivity contribution in [1.29, 1.82) is 0 Å². The number of anilines is 1. The van der Waals surface area contributed by atoms with Crippen LogP contribution in [0.5, 0.6) is 0 Å². The first kappa shape index (κ1) is 17.5. The first-order chi connectivity index (χ1) is 12.7. The number of fused-ring (bicyclic) bond motifs is 1. The zero-order valence-electron chi connectivity index (χ0n) is 14.6. The molecule has 0 unspecified atom stereocenters. The van der Waals surface area contributed by atoms with E-state index < -0.39 is 0 Å². The molecule has 0 amide bonds. The van der Waals surface area contributed by atoms with Gasteiger partial charge in [0.25, 0.3) is 5.56 Å². The maximum atomic E-state index is 12.2. The Balaban J connectivity index is 1.42. The monoisotopic (exact) mass is 387 g/mol. The average molecular weight is 388 g/mol. The fraction of sp³-hybridized carbons (Fsp3) is 0.444. The van der Waals surface area contributed by atoms with Crippen LogP contribution in [0.3, 0.4) is 0 Å². The average Bonchev–Trinajstić information content (AvgIpc) is 3.08. The fourth-order valence-corrected chi connectivity index (χ4v) is 4.93. The first-order valence-corrected chi connectivity index (χ1v) is 10.7. The standard InChI is InChI=1S/C18H21N5OS2/c1-12-7-8-23-15(9-12)19-14(10-16(23)24)11-25-18-22-21-17(26-18)20-13-5-3-2-4-6-13/h7-10,13H,2-6,11H2,1H3,(H,20,21). The summed E-state index contributed by atoms with van der Waals surface area (Å²) >= 11 is 3.15. The molecule has 1 fully saturated rings. The number of rotatable bonds is 5. The van der Waals surface area contributed by atoms with Gasteiger partial charge in [-0.2, -0.15) is 0 Å². The minimum Gasteiger partial charge on any atom is -0.357 e. The summed E-state index contributed by atoms with van der Waals surface area (Å²) in [5.41, 5.74) is 2.49. The summed E-state index contributed by atoms with van der Waals surface area (Å²) in [6, 6.07) is 5.96. The Hall–Kier alpha value is -1.93. The molecule has 3 aromatic heterocycles. The van der Waals surface area contributed by atoms with Crippen LogP contribution >= 0.6 is 23.1 Å². The second-order valence-electron chi connectivity index (χ2n) is 6.66. The number of hydrogen-bond donors (Lipinski definition) is 1.